The highest BCUT2D eigenvalue weighted by molar-refractivity contribution is 7.80. The SMILES string of the molecule is COC[C@H](C)NC(=S)NC1CCC(NC(=S)N[C@@H](C)COC)CC1. The molecule has 1 fully saturated rings. The molecule has 6 nitrogen and oxygen atoms in total. The van der Waals surface area contributed by atoms with Crippen molar-refractivity contribution >= 4 is 34.7 Å². The predicted molar refractivity (Wildman–Crippen MR) is 106 cm³/mol. The Morgan fingerprint density at radius 2 is 1.17 bits per heavy atom. The van der Waals surface area contributed by atoms with Crippen LogP contribution in [0.1, 0.15) is 39.5 Å². The number of methoxy groups -OCH3 is 2. The highest BCUT2D eigenvalue weighted by Gasteiger charge is 2.22. The van der Waals surface area contributed by atoms with Gasteiger partial charge in [-0.25, -0.2) is 0 Å². The minimum absolute atomic E-state index is 0.213. The van der Waals surface area contributed by atoms with Gasteiger partial charge in [-0.1, -0.05) is 0 Å². The highest BCUT2D eigenvalue weighted by atomic mass is 32.1. The summed E-state index contributed by atoms with van der Waals surface area (Å²) >= 11 is 10.7. The van der Waals surface area contributed by atoms with Crippen molar-refractivity contribution in [3.8, 4) is 0 Å². The second-order valence-electron chi connectivity index (χ2n) is 6.50. The van der Waals surface area contributed by atoms with Gasteiger partial charge in [-0.15, -0.1) is 0 Å². The molecule has 0 saturated heterocycles. The van der Waals surface area contributed by atoms with Gasteiger partial charge in [0.1, 0.15) is 0 Å². The van der Waals surface area contributed by atoms with Crippen LogP contribution in [0, 0.1) is 0 Å². The third-order valence-electron chi connectivity index (χ3n) is 3.99. The summed E-state index contributed by atoms with van der Waals surface area (Å²) in [7, 11) is 3.39. The minimum atomic E-state index is 0.213. The number of rotatable bonds is 8. The Morgan fingerprint density at radius 1 is 0.833 bits per heavy atom. The zero-order valence-corrected chi connectivity index (χ0v) is 16.8. The van der Waals surface area contributed by atoms with E-state index in [1.165, 1.54) is 0 Å². The number of hydrogen-bond acceptors (Lipinski definition) is 4. The first-order valence-electron chi connectivity index (χ1n) is 8.56. The van der Waals surface area contributed by atoms with Crippen molar-refractivity contribution in [2.45, 2.75) is 63.7 Å². The molecule has 2 atom stereocenters. The van der Waals surface area contributed by atoms with E-state index in [0.717, 1.165) is 25.7 Å². The quantitative estimate of drug-likeness (QED) is 0.473. The van der Waals surface area contributed by atoms with Crippen LogP contribution < -0.4 is 21.3 Å². The van der Waals surface area contributed by atoms with Crippen LogP contribution in [0.5, 0.6) is 0 Å². The Balaban J connectivity index is 2.21. The van der Waals surface area contributed by atoms with Crippen LogP contribution in [0.2, 0.25) is 0 Å². The van der Waals surface area contributed by atoms with Crippen LogP contribution >= 0.6 is 24.4 Å². The van der Waals surface area contributed by atoms with E-state index in [4.69, 9.17) is 33.9 Å². The molecular weight excluding hydrogens is 344 g/mol. The predicted octanol–water partition coefficient (Wildman–Crippen LogP) is 1.30. The summed E-state index contributed by atoms with van der Waals surface area (Å²) < 4.78 is 10.2. The first-order chi connectivity index (χ1) is 11.4. The van der Waals surface area contributed by atoms with Crippen molar-refractivity contribution in [2.24, 2.45) is 0 Å². The summed E-state index contributed by atoms with van der Waals surface area (Å²) in [5, 5.41) is 14.7. The van der Waals surface area contributed by atoms with Crippen molar-refractivity contribution in [3.63, 3.8) is 0 Å². The molecule has 0 bridgehead atoms. The average Bonchev–Trinajstić information content (AvgIpc) is 2.49. The van der Waals surface area contributed by atoms with E-state index in [1.807, 2.05) is 0 Å². The molecule has 0 aromatic rings. The molecule has 8 heteroatoms. The maximum Gasteiger partial charge on any atom is 0.166 e. The zero-order valence-electron chi connectivity index (χ0n) is 15.2. The number of thiocarbonyl (C=S) groups is 2. The molecule has 0 aromatic carbocycles. The van der Waals surface area contributed by atoms with Gasteiger partial charge in [0.15, 0.2) is 10.2 Å². The standard InChI is InChI=1S/C16H32N4O2S2/c1-11(9-21-3)17-15(23)19-13-5-7-14(8-6-13)20-16(24)18-12(2)10-22-4/h11-14H,5-10H2,1-4H3,(H2,17,19,23)(H2,18,20,24)/t11-,12-,13?,14?/m0/s1. The number of ether oxygens (including phenoxy) is 2. The van der Waals surface area contributed by atoms with Gasteiger partial charge in [0.2, 0.25) is 0 Å². The second kappa shape index (κ2) is 11.8. The molecule has 0 spiro atoms. The van der Waals surface area contributed by atoms with Crippen LogP contribution in [0.3, 0.4) is 0 Å². The summed E-state index contributed by atoms with van der Waals surface area (Å²) in [6.07, 6.45) is 4.31. The van der Waals surface area contributed by atoms with Crippen LogP contribution in [-0.4, -0.2) is 61.8 Å². The van der Waals surface area contributed by atoms with E-state index in [2.05, 4.69) is 35.1 Å². The Kier molecular flexibility index (Phi) is 10.5. The molecule has 1 saturated carbocycles. The lowest BCUT2D eigenvalue weighted by atomic mass is 9.91. The average molecular weight is 377 g/mol. The Labute approximate surface area is 156 Å². The molecule has 24 heavy (non-hydrogen) atoms. The van der Waals surface area contributed by atoms with E-state index >= 15 is 0 Å². The first kappa shape index (κ1) is 21.3. The first-order valence-corrected chi connectivity index (χ1v) is 9.38. The summed E-state index contributed by atoms with van der Waals surface area (Å²) in [6, 6.07) is 1.27. The highest BCUT2D eigenvalue weighted by Crippen LogP contribution is 2.18. The molecule has 0 aromatic heterocycles. The topological polar surface area (TPSA) is 66.6 Å². The Hall–Kier alpha value is -0.700. The van der Waals surface area contributed by atoms with E-state index in [-0.39, 0.29) is 12.1 Å². The van der Waals surface area contributed by atoms with E-state index < -0.39 is 0 Å². The van der Waals surface area contributed by atoms with Gasteiger partial charge in [0.05, 0.1) is 13.2 Å². The Morgan fingerprint density at radius 3 is 1.46 bits per heavy atom. The van der Waals surface area contributed by atoms with Crippen LogP contribution in [0.15, 0.2) is 0 Å². The summed E-state index contributed by atoms with van der Waals surface area (Å²) in [5.74, 6) is 0. The number of nitrogens with one attached hydrogen (secondary N) is 4. The Bertz CT molecular complexity index is 354. The van der Waals surface area contributed by atoms with Crippen LogP contribution in [0.25, 0.3) is 0 Å². The van der Waals surface area contributed by atoms with Gasteiger partial charge >= 0.3 is 0 Å². The van der Waals surface area contributed by atoms with Crippen LogP contribution in [-0.2, 0) is 9.47 Å². The molecule has 0 amide bonds. The molecule has 4 N–H and O–H groups in total. The van der Waals surface area contributed by atoms with E-state index in [1.54, 1.807) is 14.2 Å². The lowest BCUT2D eigenvalue weighted by molar-refractivity contribution is 0.178. The van der Waals surface area contributed by atoms with Gasteiger partial charge in [-0.2, -0.15) is 0 Å². The summed E-state index contributed by atoms with van der Waals surface area (Å²) in [4.78, 5) is 0. The van der Waals surface area contributed by atoms with Crippen molar-refractivity contribution < 1.29 is 9.47 Å². The molecule has 140 valence electrons. The number of hydrogen-bond donors (Lipinski definition) is 4. The van der Waals surface area contributed by atoms with Gasteiger partial charge in [0.25, 0.3) is 0 Å². The van der Waals surface area contributed by atoms with Crippen molar-refractivity contribution in [3.05, 3.63) is 0 Å². The van der Waals surface area contributed by atoms with Crippen molar-refractivity contribution in [1.82, 2.24) is 21.3 Å². The van der Waals surface area contributed by atoms with E-state index in [9.17, 15) is 0 Å². The second-order valence-corrected chi connectivity index (χ2v) is 7.31. The third kappa shape index (κ3) is 8.96. The molecule has 0 unspecified atom stereocenters. The lowest BCUT2D eigenvalue weighted by Gasteiger charge is -2.32. The molecule has 0 aliphatic heterocycles. The maximum atomic E-state index is 5.36. The van der Waals surface area contributed by atoms with Crippen molar-refractivity contribution in [1.29, 1.82) is 0 Å². The molecule has 1 aliphatic carbocycles. The largest absolute Gasteiger partial charge is 0.383 e. The van der Waals surface area contributed by atoms with Crippen molar-refractivity contribution in [2.75, 3.05) is 27.4 Å². The molecule has 0 radical (unpaired) electrons. The molecular formula is C16H32N4O2S2. The fourth-order valence-corrected chi connectivity index (χ4v) is 3.60. The fourth-order valence-electron chi connectivity index (χ4n) is 2.87. The molecule has 1 aliphatic rings. The summed E-state index contributed by atoms with van der Waals surface area (Å²) in [6.45, 7) is 5.39. The smallest absolute Gasteiger partial charge is 0.166 e. The van der Waals surface area contributed by atoms with Gasteiger partial charge in [0, 0.05) is 38.4 Å². The third-order valence-corrected chi connectivity index (χ3v) is 4.46. The summed E-state index contributed by atoms with van der Waals surface area (Å²) in [5.41, 5.74) is 0. The monoisotopic (exact) mass is 376 g/mol. The van der Waals surface area contributed by atoms with Gasteiger partial charge in [-0.05, 0) is 64.0 Å². The molecule has 1 rings (SSSR count). The normalized spacial score (nSPS) is 23.0. The lowest BCUT2D eigenvalue weighted by Crippen LogP contribution is -2.51. The van der Waals surface area contributed by atoms with Crippen LogP contribution in [0.4, 0.5) is 0 Å². The van der Waals surface area contributed by atoms with Gasteiger partial charge in [-0.3, -0.25) is 0 Å². The zero-order chi connectivity index (χ0) is 17.9. The van der Waals surface area contributed by atoms with E-state index in [0.29, 0.717) is 35.5 Å². The van der Waals surface area contributed by atoms with Gasteiger partial charge < -0.3 is 30.7 Å². The fraction of sp³-hybridized carbons (Fsp3) is 0.875. The maximum absolute atomic E-state index is 5.36. The molecule has 0 heterocycles. The minimum Gasteiger partial charge on any atom is -0.383 e.